The predicted molar refractivity (Wildman–Crippen MR) is 79.0 cm³/mol. The number of carbonyl (C=O) groups is 1. The van der Waals surface area contributed by atoms with Crippen molar-refractivity contribution in [2.24, 2.45) is 5.73 Å². The lowest BCUT2D eigenvalue weighted by molar-refractivity contribution is -0.144. The molecule has 1 heterocycles. The van der Waals surface area contributed by atoms with Gasteiger partial charge >= 0.3 is 6.18 Å². The number of alkyl halides is 3. The molecule has 0 saturated heterocycles. The van der Waals surface area contributed by atoms with E-state index in [4.69, 9.17) is 5.73 Å². The van der Waals surface area contributed by atoms with Crippen LogP contribution in [0.3, 0.4) is 0 Å². The molecule has 0 radical (unpaired) electrons. The summed E-state index contributed by atoms with van der Waals surface area (Å²) in [6.45, 7) is -0.149. The van der Waals surface area contributed by atoms with Gasteiger partial charge in [0.2, 0.25) is 0 Å². The van der Waals surface area contributed by atoms with Gasteiger partial charge in [0.05, 0.1) is 0 Å². The normalized spacial score (nSPS) is 11.4. The van der Waals surface area contributed by atoms with Crippen molar-refractivity contribution >= 4 is 5.91 Å². The molecule has 0 saturated carbocycles. The SMILES string of the molecule is NC(=O)c1ccc(C(F)(F)F)n(CCCc2ccccc2)c1=O. The van der Waals surface area contributed by atoms with Crippen LogP contribution in [0.2, 0.25) is 0 Å². The first kappa shape index (κ1) is 16.8. The van der Waals surface area contributed by atoms with Gasteiger partial charge in [-0.25, -0.2) is 0 Å². The van der Waals surface area contributed by atoms with Gasteiger partial charge in [-0.3, -0.25) is 9.59 Å². The summed E-state index contributed by atoms with van der Waals surface area (Å²) in [7, 11) is 0. The van der Waals surface area contributed by atoms with Gasteiger partial charge in [-0.05, 0) is 30.5 Å². The quantitative estimate of drug-likeness (QED) is 0.919. The largest absolute Gasteiger partial charge is 0.431 e. The third kappa shape index (κ3) is 4.00. The van der Waals surface area contributed by atoms with Gasteiger partial charge in [0, 0.05) is 6.54 Å². The average molecular weight is 324 g/mol. The second kappa shape index (κ2) is 6.68. The first-order valence-electron chi connectivity index (χ1n) is 6.95. The Morgan fingerprint density at radius 2 is 1.74 bits per heavy atom. The fourth-order valence-electron chi connectivity index (χ4n) is 2.32. The first-order chi connectivity index (χ1) is 10.8. The van der Waals surface area contributed by atoms with Crippen LogP contribution in [0.25, 0.3) is 0 Å². The Bertz CT molecular complexity index is 752. The van der Waals surface area contributed by atoms with Crippen LogP contribution in [-0.4, -0.2) is 10.5 Å². The van der Waals surface area contributed by atoms with E-state index in [9.17, 15) is 22.8 Å². The number of nitrogens with zero attached hydrogens (tertiary/aromatic N) is 1. The monoisotopic (exact) mass is 324 g/mol. The molecule has 4 nitrogen and oxygen atoms in total. The summed E-state index contributed by atoms with van der Waals surface area (Å²) in [6.07, 6.45) is -3.83. The molecule has 0 aliphatic rings. The van der Waals surface area contributed by atoms with Crippen molar-refractivity contribution in [3.8, 4) is 0 Å². The number of hydrogen-bond acceptors (Lipinski definition) is 2. The van der Waals surface area contributed by atoms with E-state index in [1.807, 2.05) is 30.3 Å². The molecule has 1 aromatic carbocycles. The molecular formula is C16H15F3N2O2. The average Bonchev–Trinajstić information content (AvgIpc) is 2.48. The van der Waals surface area contributed by atoms with E-state index in [2.05, 4.69) is 0 Å². The van der Waals surface area contributed by atoms with Gasteiger partial charge in [-0.1, -0.05) is 30.3 Å². The zero-order valence-corrected chi connectivity index (χ0v) is 12.1. The third-order valence-electron chi connectivity index (χ3n) is 3.42. The highest BCUT2D eigenvalue weighted by molar-refractivity contribution is 5.92. The van der Waals surface area contributed by atoms with E-state index in [0.717, 1.165) is 11.6 Å². The topological polar surface area (TPSA) is 65.1 Å². The van der Waals surface area contributed by atoms with Crippen molar-refractivity contribution < 1.29 is 18.0 Å². The summed E-state index contributed by atoms with van der Waals surface area (Å²) in [5.74, 6) is -1.04. The second-order valence-corrected chi connectivity index (χ2v) is 5.04. The summed E-state index contributed by atoms with van der Waals surface area (Å²) in [5.41, 5.74) is 3.44. The molecule has 0 bridgehead atoms. The van der Waals surface area contributed by atoms with Crippen LogP contribution < -0.4 is 11.3 Å². The molecule has 1 aromatic heterocycles. The Balaban J connectivity index is 2.29. The number of aryl methyl sites for hydroxylation is 1. The minimum Gasteiger partial charge on any atom is -0.365 e. The fraction of sp³-hybridized carbons (Fsp3) is 0.250. The zero-order chi connectivity index (χ0) is 17.0. The summed E-state index contributed by atoms with van der Waals surface area (Å²) in [4.78, 5) is 23.2. The van der Waals surface area contributed by atoms with Crippen LogP contribution in [0.1, 0.15) is 28.0 Å². The minimum absolute atomic E-state index is 0.149. The number of carbonyl (C=O) groups excluding carboxylic acids is 1. The first-order valence-corrected chi connectivity index (χ1v) is 6.95. The van der Waals surface area contributed by atoms with Crippen LogP contribution in [0.4, 0.5) is 13.2 Å². The Labute approximate surface area is 130 Å². The Morgan fingerprint density at radius 1 is 1.09 bits per heavy atom. The molecule has 2 rings (SSSR count). The highest BCUT2D eigenvalue weighted by Gasteiger charge is 2.35. The maximum Gasteiger partial charge on any atom is 0.431 e. The lowest BCUT2D eigenvalue weighted by Crippen LogP contribution is -2.34. The second-order valence-electron chi connectivity index (χ2n) is 5.04. The van der Waals surface area contributed by atoms with Gasteiger partial charge in [0.25, 0.3) is 11.5 Å². The van der Waals surface area contributed by atoms with E-state index in [1.165, 1.54) is 0 Å². The number of nitrogens with two attached hydrogens (primary N) is 1. The molecule has 0 fully saturated rings. The smallest absolute Gasteiger partial charge is 0.365 e. The molecule has 1 amide bonds. The van der Waals surface area contributed by atoms with Crippen LogP contribution >= 0.6 is 0 Å². The van der Waals surface area contributed by atoms with Gasteiger partial charge < -0.3 is 10.3 Å². The van der Waals surface area contributed by atoms with E-state index in [-0.39, 0.29) is 6.54 Å². The highest BCUT2D eigenvalue weighted by Crippen LogP contribution is 2.28. The van der Waals surface area contributed by atoms with Crippen LogP contribution in [0.5, 0.6) is 0 Å². The Hall–Kier alpha value is -2.57. The lowest BCUT2D eigenvalue weighted by atomic mass is 10.1. The summed E-state index contributed by atoms with van der Waals surface area (Å²) in [6, 6.07) is 10.7. The molecule has 0 atom stereocenters. The van der Waals surface area contributed by atoms with Crippen LogP contribution in [-0.2, 0) is 19.1 Å². The lowest BCUT2D eigenvalue weighted by Gasteiger charge is -2.16. The van der Waals surface area contributed by atoms with E-state index in [1.54, 1.807) is 0 Å². The molecule has 0 aliphatic heterocycles. The minimum atomic E-state index is -4.68. The number of primary amides is 1. The summed E-state index contributed by atoms with van der Waals surface area (Å²) >= 11 is 0. The van der Waals surface area contributed by atoms with E-state index < -0.39 is 28.9 Å². The number of halogens is 3. The zero-order valence-electron chi connectivity index (χ0n) is 12.1. The Morgan fingerprint density at radius 3 is 2.30 bits per heavy atom. The van der Waals surface area contributed by atoms with Gasteiger partial charge in [-0.15, -0.1) is 0 Å². The van der Waals surface area contributed by atoms with Gasteiger partial charge in [0.1, 0.15) is 11.3 Å². The number of rotatable bonds is 5. The summed E-state index contributed by atoms with van der Waals surface area (Å²) < 4.78 is 39.7. The maximum atomic E-state index is 13.0. The number of amides is 1. The van der Waals surface area contributed by atoms with Crippen molar-refractivity contribution in [3.05, 3.63) is 69.6 Å². The van der Waals surface area contributed by atoms with Crippen molar-refractivity contribution in [3.63, 3.8) is 0 Å². The standard InChI is InChI=1S/C16H15F3N2O2/c17-16(18,19)13-9-8-12(14(20)22)15(23)21(13)10-4-7-11-5-2-1-3-6-11/h1-3,5-6,8-9H,4,7,10H2,(H2,20,22). The van der Waals surface area contributed by atoms with Gasteiger partial charge in [0.15, 0.2) is 0 Å². The van der Waals surface area contributed by atoms with Crippen LogP contribution in [0.15, 0.2) is 47.3 Å². The fourth-order valence-corrected chi connectivity index (χ4v) is 2.32. The predicted octanol–water partition coefficient (Wildman–Crippen LogP) is 2.60. The van der Waals surface area contributed by atoms with Crippen molar-refractivity contribution in [2.75, 3.05) is 0 Å². The summed E-state index contributed by atoms with van der Waals surface area (Å²) in [5, 5.41) is 0. The van der Waals surface area contributed by atoms with Gasteiger partial charge in [-0.2, -0.15) is 13.2 Å². The molecular weight excluding hydrogens is 309 g/mol. The van der Waals surface area contributed by atoms with Crippen LogP contribution in [0, 0.1) is 0 Å². The maximum absolute atomic E-state index is 13.0. The molecule has 0 spiro atoms. The number of hydrogen-bond donors (Lipinski definition) is 1. The van der Waals surface area contributed by atoms with Crippen molar-refractivity contribution in [1.29, 1.82) is 0 Å². The molecule has 2 aromatic rings. The third-order valence-corrected chi connectivity index (χ3v) is 3.42. The highest BCUT2D eigenvalue weighted by atomic mass is 19.4. The molecule has 23 heavy (non-hydrogen) atoms. The molecule has 2 N–H and O–H groups in total. The molecule has 0 aliphatic carbocycles. The molecule has 0 unspecified atom stereocenters. The number of benzene rings is 1. The Kier molecular flexibility index (Phi) is 4.88. The number of aromatic nitrogens is 1. The van der Waals surface area contributed by atoms with Crippen molar-refractivity contribution in [2.45, 2.75) is 25.6 Å². The van der Waals surface area contributed by atoms with Crippen molar-refractivity contribution in [1.82, 2.24) is 4.57 Å². The van der Waals surface area contributed by atoms with E-state index in [0.29, 0.717) is 23.5 Å². The molecule has 7 heteroatoms. The molecule has 122 valence electrons. The number of pyridine rings is 1. The van der Waals surface area contributed by atoms with E-state index >= 15 is 0 Å².